The van der Waals surface area contributed by atoms with Crippen molar-refractivity contribution < 1.29 is 9.59 Å². The van der Waals surface area contributed by atoms with Crippen LogP contribution in [0.1, 0.15) is 31.1 Å². The van der Waals surface area contributed by atoms with Gasteiger partial charge in [-0.15, -0.1) is 0 Å². The molecule has 2 rings (SSSR count). The Labute approximate surface area is 134 Å². The topological polar surface area (TPSA) is 40.6 Å². The molecule has 0 N–H and O–H groups in total. The lowest BCUT2D eigenvalue weighted by Gasteiger charge is -2.37. The molecule has 0 aromatic heterocycles. The molecule has 0 bridgehead atoms. The van der Waals surface area contributed by atoms with E-state index in [1.165, 1.54) is 6.07 Å². The van der Waals surface area contributed by atoms with Gasteiger partial charge in [-0.05, 0) is 18.2 Å². The van der Waals surface area contributed by atoms with Crippen molar-refractivity contribution in [2.75, 3.05) is 13.6 Å². The van der Waals surface area contributed by atoms with Gasteiger partial charge in [0.2, 0.25) is 5.91 Å². The van der Waals surface area contributed by atoms with E-state index < -0.39 is 0 Å². The summed E-state index contributed by atoms with van der Waals surface area (Å²) in [5.74, 6) is -0.331. The Kier molecular flexibility index (Phi) is 4.22. The zero-order chi connectivity index (χ0) is 15.9. The molecular weight excluding hydrogens is 311 g/mol. The third kappa shape index (κ3) is 3.01. The number of likely N-dealkylation sites (N-methyl/N-ethyl adjacent to an activating group) is 1. The van der Waals surface area contributed by atoms with Crippen LogP contribution in [-0.4, -0.2) is 41.4 Å². The Morgan fingerprint density at radius 1 is 1.29 bits per heavy atom. The summed E-state index contributed by atoms with van der Waals surface area (Å²) in [5, 5.41) is 0.765. The fraction of sp³-hybridized carbons (Fsp3) is 0.467. The Balaban J connectivity index is 2.39. The summed E-state index contributed by atoms with van der Waals surface area (Å²) in [6.45, 7) is 6.06. The molecule has 114 valence electrons. The molecule has 0 spiro atoms. The third-order valence-corrected chi connectivity index (χ3v) is 4.11. The molecule has 1 aromatic carbocycles. The second kappa shape index (κ2) is 5.50. The standard InChI is InChI=1S/C15H18Cl2N2O2/c1-15(2,3)14-18(4)12(20)8-19(14)13(21)10-6-5-9(16)7-11(10)17/h5-7,14H,8H2,1-4H3. The molecule has 1 aromatic rings. The van der Waals surface area contributed by atoms with Gasteiger partial charge in [0.25, 0.3) is 5.91 Å². The number of hydrogen-bond donors (Lipinski definition) is 0. The van der Waals surface area contributed by atoms with Crippen molar-refractivity contribution in [2.24, 2.45) is 5.41 Å². The Morgan fingerprint density at radius 2 is 1.90 bits per heavy atom. The number of amides is 2. The van der Waals surface area contributed by atoms with Crippen LogP contribution in [0.4, 0.5) is 0 Å². The molecule has 4 nitrogen and oxygen atoms in total. The fourth-order valence-corrected chi connectivity index (χ4v) is 3.23. The number of hydrogen-bond acceptors (Lipinski definition) is 2. The summed E-state index contributed by atoms with van der Waals surface area (Å²) in [6.07, 6.45) is -0.302. The summed E-state index contributed by atoms with van der Waals surface area (Å²) in [7, 11) is 1.72. The molecule has 1 fully saturated rings. The summed E-state index contributed by atoms with van der Waals surface area (Å²) in [4.78, 5) is 27.9. The predicted octanol–water partition coefficient (Wildman–Crippen LogP) is 3.28. The van der Waals surface area contributed by atoms with Gasteiger partial charge < -0.3 is 9.80 Å². The summed E-state index contributed by atoms with van der Waals surface area (Å²) < 4.78 is 0. The van der Waals surface area contributed by atoms with Gasteiger partial charge in [0, 0.05) is 17.5 Å². The van der Waals surface area contributed by atoms with E-state index in [1.54, 1.807) is 29.0 Å². The van der Waals surface area contributed by atoms with E-state index in [4.69, 9.17) is 23.2 Å². The number of carbonyl (C=O) groups is 2. The van der Waals surface area contributed by atoms with E-state index in [0.29, 0.717) is 15.6 Å². The lowest BCUT2D eigenvalue weighted by atomic mass is 9.91. The van der Waals surface area contributed by atoms with Crippen LogP contribution < -0.4 is 0 Å². The molecule has 1 aliphatic heterocycles. The molecule has 1 heterocycles. The third-order valence-electron chi connectivity index (χ3n) is 3.56. The first-order valence-corrected chi connectivity index (χ1v) is 7.40. The largest absolute Gasteiger partial charge is 0.323 e. The van der Waals surface area contributed by atoms with Crippen molar-refractivity contribution >= 4 is 35.0 Å². The minimum atomic E-state index is -0.302. The van der Waals surface area contributed by atoms with Crippen molar-refractivity contribution in [1.29, 1.82) is 0 Å². The van der Waals surface area contributed by atoms with E-state index in [1.807, 2.05) is 20.8 Å². The smallest absolute Gasteiger partial charge is 0.257 e. The molecule has 0 radical (unpaired) electrons. The van der Waals surface area contributed by atoms with Crippen LogP contribution in [0.2, 0.25) is 10.0 Å². The lowest BCUT2D eigenvalue weighted by molar-refractivity contribution is -0.127. The van der Waals surface area contributed by atoms with Crippen LogP contribution in [-0.2, 0) is 4.79 Å². The molecule has 0 aliphatic carbocycles. The van der Waals surface area contributed by atoms with Crippen LogP contribution in [0.5, 0.6) is 0 Å². The Morgan fingerprint density at radius 3 is 2.43 bits per heavy atom. The predicted molar refractivity (Wildman–Crippen MR) is 83.5 cm³/mol. The minimum Gasteiger partial charge on any atom is -0.323 e. The van der Waals surface area contributed by atoms with Crippen molar-refractivity contribution in [3.05, 3.63) is 33.8 Å². The Bertz CT molecular complexity index is 596. The van der Waals surface area contributed by atoms with Gasteiger partial charge in [-0.1, -0.05) is 44.0 Å². The van der Waals surface area contributed by atoms with Gasteiger partial charge in [-0.2, -0.15) is 0 Å². The minimum absolute atomic E-state index is 0.0657. The summed E-state index contributed by atoms with van der Waals surface area (Å²) >= 11 is 12.0. The second-order valence-electron chi connectivity index (χ2n) is 6.30. The van der Waals surface area contributed by atoms with Crippen molar-refractivity contribution in [1.82, 2.24) is 9.80 Å². The highest BCUT2D eigenvalue weighted by Gasteiger charge is 2.45. The zero-order valence-corrected chi connectivity index (χ0v) is 14.0. The monoisotopic (exact) mass is 328 g/mol. The molecule has 1 unspecified atom stereocenters. The number of halogens is 2. The molecule has 1 saturated heterocycles. The fourth-order valence-electron chi connectivity index (χ4n) is 2.74. The maximum absolute atomic E-state index is 12.7. The average molecular weight is 329 g/mol. The zero-order valence-electron chi connectivity index (χ0n) is 12.5. The van der Waals surface area contributed by atoms with Gasteiger partial charge in [-0.25, -0.2) is 0 Å². The maximum atomic E-state index is 12.7. The molecule has 6 heteroatoms. The van der Waals surface area contributed by atoms with Gasteiger partial charge in [-0.3, -0.25) is 9.59 Å². The normalized spacial score (nSPS) is 19.3. The molecule has 1 atom stereocenters. The first-order valence-electron chi connectivity index (χ1n) is 6.64. The van der Waals surface area contributed by atoms with Crippen LogP contribution >= 0.6 is 23.2 Å². The number of carbonyl (C=O) groups excluding carboxylic acids is 2. The highest BCUT2D eigenvalue weighted by atomic mass is 35.5. The SMILES string of the molecule is CN1C(=O)CN(C(=O)c2ccc(Cl)cc2Cl)C1C(C)(C)C. The number of nitrogens with zero attached hydrogens (tertiary/aromatic N) is 2. The molecule has 21 heavy (non-hydrogen) atoms. The first-order chi connectivity index (χ1) is 9.62. The molecule has 1 aliphatic rings. The van der Waals surface area contributed by atoms with Crippen molar-refractivity contribution in [3.63, 3.8) is 0 Å². The first kappa shape index (κ1) is 16.1. The van der Waals surface area contributed by atoms with Gasteiger partial charge in [0.1, 0.15) is 12.7 Å². The molecule has 0 saturated carbocycles. The van der Waals surface area contributed by atoms with Gasteiger partial charge >= 0.3 is 0 Å². The number of rotatable bonds is 1. The van der Waals surface area contributed by atoms with Gasteiger partial charge in [0.05, 0.1) is 10.6 Å². The maximum Gasteiger partial charge on any atom is 0.257 e. The van der Waals surface area contributed by atoms with Crippen molar-refractivity contribution in [3.8, 4) is 0 Å². The summed E-state index contributed by atoms with van der Waals surface area (Å²) in [5.41, 5.74) is 0.105. The van der Waals surface area contributed by atoms with Crippen molar-refractivity contribution in [2.45, 2.75) is 26.9 Å². The molecular formula is C15H18Cl2N2O2. The quantitative estimate of drug-likeness (QED) is 0.793. The van der Waals surface area contributed by atoms with E-state index in [0.717, 1.165) is 0 Å². The van der Waals surface area contributed by atoms with Crippen LogP contribution in [0.15, 0.2) is 18.2 Å². The van der Waals surface area contributed by atoms with E-state index in [2.05, 4.69) is 0 Å². The van der Waals surface area contributed by atoms with E-state index >= 15 is 0 Å². The van der Waals surface area contributed by atoms with E-state index in [-0.39, 0.29) is 29.9 Å². The summed E-state index contributed by atoms with van der Waals surface area (Å²) in [6, 6.07) is 4.74. The lowest BCUT2D eigenvalue weighted by Crippen LogP contribution is -2.49. The van der Waals surface area contributed by atoms with Crippen LogP contribution in [0.3, 0.4) is 0 Å². The average Bonchev–Trinajstić information content (AvgIpc) is 2.64. The molecule has 2 amide bonds. The second-order valence-corrected chi connectivity index (χ2v) is 7.15. The van der Waals surface area contributed by atoms with E-state index in [9.17, 15) is 9.59 Å². The highest BCUT2D eigenvalue weighted by Crippen LogP contribution is 2.33. The number of benzene rings is 1. The Hall–Kier alpha value is -1.26. The van der Waals surface area contributed by atoms with Crippen LogP contribution in [0, 0.1) is 5.41 Å². The van der Waals surface area contributed by atoms with Crippen LogP contribution in [0.25, 0.3) is 0 Å². The van der Waals surface area contributed by atoms with Gasteiger partial charge in [0.15, 0.2) is 0 Å². The highest BCUT2D eigenvalue weighted by molar-refractivity contribution is 6.36.